The van der Waals surface area contributed by atoms with Crippen molar-refractivity contribution >= 4 is 17.5 Å². The molecule has 4 aromatic rings. The molecule has 160 valence electrons. The van der Waals surface area contributed by atoms with Gasteiger partial charge < -0.3 is 14.8 Å². The molecule has 6 nitrogen and oxygen atoms in total. The van der Waals surface area contributed by atoms with Crippen LogP contribution in [0.3, 0.4) is 0 Å². The van der Waals surface area contributed by atoms with Crippen molar-refractivity contribution in [3.8, 4) is 34.0 Å². The van der Waals surface area contributed by atoms with Gasteiger partial charge in [-0.25, -0.2) is 0 Å². The fourth-order valence-corrected chi connectivity index (χ4v) is 3.81. The van der Waals surface area contributed by atoms with Crippen LogP contribution in [0.5, 0.6) is 11.5 Å². The summed E-state index contributed by atoms with van der Waals surface area (Å²) in [7, 11) is 0. The number of nitrogens with zero attached hydrogens (tertiary/aromatic N) is 1. The van der Waals surface area contributed by atoms with Crippen LogP contribution in [0, 0.1) is 0 Å². The van der Waals surface area contributed by atoms with E-state index < -0.39 is 0 Å². The Kier molecular flexibility index (Phi) is 5.52. The van der Waals surface area contributed by atoms with Crippen LogP contribution < -0.4 is 14.8 Å². The van der Waals surface area contributed by atoms with Crippen molar-refractivity contribution in [2.45, 2.75) is 6.54 Å². The minimum absolute atomic E-state index is 0.160. The molecule has 1 aliphatic rings. The van der Waals surface area contributed by atoms with Crippen LogP contribution in [0.1, 0.15) is 15.9 Å². The van der Waals surface area contributed by atoms with Gasteiger partial charge in [-0.05, 0) is 42.0 Å². The van der Waals surface area contributed by atoms with E-state index in [1.807, 2.05) is 54.6 Å². The first kappa shape index (κ1) is 20.2. The van der Waals surface area contributed by atoms with Crippen molar-refractivity contribution in [3.05, 3.63) is 88.9 Å². The number of halogens is 1. The Morgan fingerprint density at radius 1 is 1.00 bits per heavy atom. The molecule has 0 atom stereocenters. The number of amides is 1. The van der Waals surface area contributed by atoms with E-state index in [2.05, 4.69) is 15.5 Å². The van der Waals surface area contributed by atoms with Gasteiger partial charge in [-0.3, -0.25) is 9.89 Å². The third-order valence-corrected chi connectivity index (χ3v) is 5.64. The summed E-state index contributed by atoms with van der Waals surface area (Å²) in [6.07, 6.45) is 0. The monoisotopic (exact) mass is 445 g/mol. The number of fused-ring (bicyclic) bond motifs is 1. The number of benzene rings is 3. The largest absolute Gasteiger partial charge is 0.486 e. The fraction of sp³-hybridized carbons (Fsp3) is 0.120. The molecule has 0 bridgehead atoms. The summed E-state index contributed by atoms with van der Waals surface area (Å²) in [5.41, 5.74) is 4.86. The molecule has 7 heteroatoms. The van der Waals surface area contributed by atoms with Crippen molar-refractivity contribution in [1.29, 1.82) is 0 Å². The lowest BCUT2D eigenvalue weighted by molar-refractivity contribution is 0.0951. The summed E-state index contributed by atoms with van der Waals surface area (Å²) in [6.45, 7) is 1.43. The Morgan fingerprint density at radius 2 is 1.81 bits per heavy atom. The summed E-state index contributed by atoms with van der Waals surface area (Å²) in [5.74, 6) is 1.30. The van der Waals surface area contributed by atoms with E-state index in [4.69, 9.17) is 21.1 Å². The summed E-state index contributed by atoms with van der Waals surface area (Å²) >= 11 is 6.15. The number of aromatic nitrogens is 2. The molecule has 1 aliphatic heterocycles. The summed E-state index contributed by atoms with van der Waals surface area (Å²) < 4.78 is 11.5. The Balaban J connectivity index is 1.30. The highest BCUT2D eigenvalue weighted by atomic mass is 35.5. The molecule has 0 fully saturated rings. The molecule has 2 heterocycles. The second-order valence-corrected chi connectivity index (χ2v) is 7.76. The van der Waals surface area contributed by atoms with Gasteiger partial charge in [0, 0.05) is 28.3 Å². The van der Waals surface area contributed by atoms with E-state index >= 15 is 0 Å². The molecule has 5 rings (SSSR count). The third-order valence-electron chi connectivity index (χ3n) is 5.27. The summed E-state index contributed by atoms with van der Waals surface area (Å²) in [6, 6.07) is 22.5. The minimum atomic E-state index is -0.160. The zero-order chi connectivity index (χ0) is 21.9. The first-order valence-corrected chi connectivity index (χ1v) is 10.6. The molecule has 32 heavy (non-hydrogen) atoms. The van der Waals surface area contributed by atoms with E-state index in [-0.39, 0.29) is 5.91 Å². The van der Waals surface area contributed by atoms with Gasteiger partial charge in [-0.2, -0.15) is 5.10 Å². The van der Waals surface area contributed by atoms with Crippen LogP contribution >= 0.6 is 11.6 Å². The smallest absolute Gasteiger partial charge is 0.251 e. The highest BCUT2D eigenvalue weighted by Gasteiger charge is 2.18. The zero-order valence-electron chi connectivity index (χ0n) is 17.1. The molecule has 1 amide bonds. The van der Waals surface area contributed by atoms with Gasteiger partial charge in [0.1, 0.15) is 13.2 Å². The maximum Gasteiger partial charge on any atom is 0.251 e. The number of nitrogens with one attached hydrogen (secondary N) is 2. The predicted molar refractivity (Wildman–Crippen MR) is 123 cm³/mol. The number of carbonyl (C=O) groups excluding carboxylic acids is 1. The van der Waals surface area contributed by atoms with Crippen LogP contribution in [0.15, 0.2) is 72.8 Å². The lowest BCUT2D eigenvalue weighted by Crippen LogP contribution is -2.22. The van der Waals surface area contributed by atoms with Gasteiger partial charge in [0.25, 0.3) is 5.91 Å². The fourth-order valence-electron chi connectivity index (χ4n) is 3.61. The number of para-hydroxylation sites is 1. The molecule has 0 saturated carbocycles. The van der Waals surface area contributed by atoms with Crippen LogP contribution in [-0.4, -0.2) is 29.3 Å². The number of ether oxygens (including phenoxy) is 2. The minimum Gasteiger partial charge on any atom is -0.486 e. The number of H-pyrrole nitrogens is 1. The van der Waals surface area contributed by atoms with Crippen LogP contribution in [0.25, 0.3) is 22.5 Å². The first-order chi connectivity index (χ1) is 15.7. The predicted octanol–water partition coefficient (Wildman–Crippen LogP) is 5.10. The second-order valence-electron chi connectivity index (χ2n) is 7.35. The third kappa shape index (κ3) is 4.05. The quantitative estimate of drug-likeness (QED) is 0.448. The molecule has 2 N–H and O–H groups in total. The average Bonchev–Trinajstić information content (AvgIpc) is 3.33. The molecule has 0 saturated heterocycles. The molecule has 0 unspecified atom stereocenters. The second kappa shape index (κ2) is 8.77. The molecular weight excluding hydrogens is 426 g/mol. The average molecular weight is 446 g/mol. The van der Waals surface area contributed by atoms with Crippen molar-refractivity contribution in [1.82, 2.24) is 15.5 Å². The Labute approximate surface area is 190 Å². The number of rotatable bonds is 5. The van der Waals surface area contributed by atoms with E-state index in [0.29, 0.717) is 30.3 Å². The lowest BCUT2D eigenvalue weighted by Gasteiger charge is -2.20. The van der Waals surface area contributed by atoms with Crippen LogP contribution in [0.4, 0.5) is 0 Å². The Bertz CT molecular complexity index is 1270. The Morgan fingerprint density at radius 3 is 2.66 bits per heavy atom. The molecule has 0 radical (unpaired) electrons. The molecule has 0 aliphatic carbocycles. The number of hydrogen-bond acceptors (Lipinski definition) is 4. The standard InChI is InChI=1S/C25H20ClN3O3/c26-20-6-2-1-4-18(20)15-27-25(30)17-10-8-16(9-11-17)21-14-22(29-28-21)19-5-3-7-23-24(19)32-13-12-31-23/h1-11,14H,12-13,15H2,(H,27,30)(H,28,29). The summed E-state index contributed by atoms with van der Waals surface area (Å²) in [4.78, 5) is 12.5. The highest BCUT2D eigenvalue weighted by Crippen LogP contribution is 2.39. The van der Waals surface area contributed by atoms with Crippen molar-refractivity contribution < 1.29 is 14.3 Å². The van der Waals surface area contributed by atoms with Crippen molar-refractivity contribution in [2.75, 3.05) is 13.2 Å². The lowest BCUT2D eigenvalue weighted by atomic mass is 10.1. The van der Waals surface area contributed by atoms with E-state index in [1.54, 1.807) is 18.2 Å². The Hall–Kier alpha value is -3.77. The van der Waals surface area contributed by atoms with Crippen molar-refractivity contribution in [2.24, 2.45) is 0 Å². The van der Waals surface area contributed by atoms with E-state index in [0.717, 1.165) is 39.6 Å². The van der Waals surface area contributed by atoms with Gasteiger partial charge in [-0.1, -0.05) is 48.0 Å². The van der Waals surface area contributed by atoms with E-state index in [1.165, 1.54) is 0 Å². The van der Waals surface area contributed by atoms with Gasteiger partial charge >= 0.3 is 0 Å². The first-order valence-electron chi connectivity index (χ1n) is 10.3. The maximum atomic E-state index is 12.5. The van der Waals surface area contributed by atoms with Crippen LogP contribution in [0.2, 0.25) is 5.02 Å². The van der Waals surface area contributed by atoms with Gasteiger partial charge in [0.15, 0.2) is 11.5 Å². The molecular formula is C25H20ClN3O3. The molecule has 3 aromatic carbocycles. The SMILES string of the molecule is O=C(NCc1ccccc1Cl)c1ccc(-c2cc(-c3cccc4c3OCCO4)[nH]n2)cc1. The van der Waals surface area contributed by atoms with Gasteiger partial charge in [0.05, 0.1) is 11.4 Å². The van der Waals surface area contributed by atoms with Gasteiger partial charge in [0.2, 0.25) is 0 Å². The van der Waals surface area contributed by atoms with E-state index in [9.17, 15) is 4.79 Å². The number of aromatic amines is 1. The number of carbonyl (C=O) groups is 1. The maximum absolute atomic E-state index is 12.5. The van der Waals surface area contributed by atoms with Crippen LogP contribution in [-0.2, 0) is 6.54 Å². The zero-order valence-corrected chi connectivity index (χ0v) is 17.9. The topological polar surface area (TPSA) is 76.2 Å². The number of hydrogen-bond donors (Lipinski definition) is 2. The summed E-state index contributed by atoms with van der Waals surface area (Å²) in [5, 5.41) is 11.0. The highest BCUT2D eigenvalue weighted by molar-refractivity contribution is 6.31. The normalized spacial score (nSPS) is 12.4. The molecule has 1 aromatic heterocycles. The molecule has 0 spiro atoms. The van der Waals surface area contributed by atoms with Crippen molar-refractivity contribution in [3.63, 3.8) is 0 Å². The van der Waals surface area contributed by atoms with Gasteiger partial charge in [-0.15, -0.1) is 0 Å².